The Balaban J connectivity index is 1.43. The monoisotopic (exact) mass is 399 g/mol. The highest BCUT2D eigenvalue weighted by atomic mass is 32.2. The Morgan fingerprint density at radius 2 is 1.56 bits per heavy atom. The molecular weight excluding hydrogens is 366 g/mol. The van der Waals surface area contributed by atoms with Crippen LogP contribution in [0.5, 0.6) is 0 Å². The lowest BCUT2D eigenvalue weighted by atomic mass is 10.1. The van der Waals surface area contributed by atoms with E-state index in [4.69, 9.17) is 0 Å². The molecule has 3 fully saturated rings. The van der Waals surface area contributed by atoms with Crippen molar-refractivity contribution in [2.75, 3.05) is 26.2 Å². The van der Waals surface area contributed by atoms with E-state index in [2.05, 4.69) is 5.32 Å². The van der Waals surface area contributed by atoms with Crippen LogP contribution in [0.3, 0.4) is 0 Å². The van der Waals surface area contributed by atoms with Crippen LogP contribution in [0.4, 0.5) is 0 Å². The van der Waals surface area contributed by atoms with Crippen LogP contribution in [0, 0.1) is 5.92 Å². The number of hydrogen-bond donors (Lipinski definition) is 1. The van der Waals surface area contributed by atoms with Gasteiger partial charge in [0.15, 0.2) is 0 Å². The molecule has 3 rings (SSSR count). The van der Waals surface area contributed by atoms with Gasteiger partial charge in [0.25, 0.3) is 0 Å². The van der Waals surface area contributed by atoms with Crippen LogP contribution in [0.15, 0.2) is 0 Å². The summed E-state index contributed by atoms with van der Waals surface area (Å²) >= 11 is 0. The number of sulfonamides is 1. The van der Waals surface area contributed by atoms with Crippen molar-refractivity contribution in [2.24, 2.45) is 5.92 Å². The molecular formula is C19H33N3O4S. The summed E-state index contributed by atoms with van der Waals surface area (Å²) < 4.78 is 26.9. The van der Waals surface area contributed by atoms with E-state index in [0.29, 0.717) is 39.0 Å². The van der Waals surface area contributed by atoms with Gasteiger partial charge in [0.1, 0.15) is 0 Å². The molecule has 0 bridgehead atoms. The van der Waals surface area contributed by atoms with Crippen molar-refractivity contribution < 1.29 is 18.0 Å². The number of carbonyl (C=O) groups is 2. The van der Waals surface area contributed by atoms with Gasteiger partial charge < -0.3 is 10.2 Å². The molecule has 1 saturated carbocycles. The molecule has 3 aliphatic rings. The summed E-state index contributed by atoms with van der Waals surface area (Å²) in [7, 11) is -3.22. The second-order valence-electron chi connectivity index (χ2n) is 8.33. The molecule has 0 aromatic heterocycles. The maximum absolute atomic E-state index is 12.7. The second-order valence-corrected chi connectivity index (χ2v) is 10.5. The molecule has 2 saturated heterocycles. The minimum atomic E-state index is -3.22. The van der Waals surface area contributed by atoms with Gasteiger partial charge in [0.2, 0.25) is 21.8 Å². The van der Waals surface area contributed by atoms with Gasteiger partial charge >= 0.3 is 0 Å². The second kappa shape index (κ2) is 8.90. The van der Waals surface area contributed by atoms with Crippen molar-refractivity contribution in [3.8, 4) is 0 Å². The topological polar surface area (TPSA) is 86.8 Å². The van der Waals surface area contributed by atoms with Crippen molar-refractivity contribution in [1.82, 2.24) is 14.5 Å². The van der Waals surface area contributed by atoms with Crippen LogP contribution in [-0.4, -0.2) is 66.9 Å². The van der Waals surface area contributed by atoms with Gasteiger partial charge in [0, 0.05) is 44.6 Å². The Hall–Kier alpha value is -1.15. The predicted molar refractivity (Wildman–Crippen MR) is 104 cm³/mol. The molecule has 2 amide bonds. The summed E-state index contributed by atoms with van der Waals surface area (Å²) in [5.41, 5.74) is 0. The van der Waals surface area contributed by atoms with Crippen molar-refractivity contribution in [1.29, 1.82) is 0 Å². The number of nitrogens with one attached hydrogen (secondary N) is 1. The molecule has 1 atom stereocenters. The molecule has 2 heterocycles. The fourth-order valence-corrected chi connectivity index (χ4v) is 6.54. The first-order valence-corrected chi connectivity index (χ1v) is 12.0. The van der Waals surface area contributed by atoms with Crippen molar-refractivity contribution in [3.63, 3.8) is 0 Å². The standard InChI is InChI=1S/C19H33N3O4S/c1-15(20-19(24)16-6-2-3-7-16)14-18(23)21-12-8-17(9-13-21)27(25,26)22-10-4-5-11-22/h15-17H,2-14H2,1H3,(H,20,24). The van der Waals surface area contributed by atoms with Gasteiger partial charge in [-0.1, -0.05) is 12.8 Å². The Morgan fingerprint density at radius 3 is 2.15 bits per heavy atom. The lowest BCUT2D eigenvalue weighted by Gasteiger charge is -2.34. The Morgan fingerprint density at radius 1 is 0.963 bits per heavy atom. The van der Waals surface area contributed by atoms with Gasteiger partial charge in [-0.3, -0.25) is 9.59 Å². The summed E-state index contributed by atoms with van der Waals surface area (Å²) in [6, 6.07) is -0.184. The third kappa shape index (κ3) is 5.02. The van der Waals surface area contributed by atoms with E-state index in [9.17, 15) is 18.0 Å². The molecule has 0 aromatic carbocycles. The number of likely N-dealkylation sites (tertiary alicyclic amines) is 1. The van der Waals surface area contributed by atoms with Crippen LogP contribution >= 0.6 is 0 Å². The number of piperidine rings is 1. The number of carbonyl (C=O) groups excluding carboxylic acids is 2. The first-order chi connectivity index (χ1) is 12.9. The average Bonchev–Trinajstić information content (AvgIpc) is 3.35. The van der Waals surface area contributed by atoms with E-state index < -0.39 is 10.0 Å². The molecule has 8 heteroatoms. The van der Waals surface area contributed by atoms with Gasteiger partial charge in [-0.25, -0.2) is 12.7 Å². The zero-order chi connectivity index (χ0) is 19.4. The first kappa shape index (κ1) is 20.6. The Kier molecular flexibility index (Phi) is 6.78. The van der Waals surface area contributed by atoms with Gasteiger partial charge in [-0.05, 0) is 45.4 Å². The molecule has 27 heavy (non-hydrogen) atoms. The summed E-state index contributed by atoms with van der Waals surface area (Å²) in [6.07, 6.45) is 7.31. The van der Waals surface area contributed by atoms with Gasteiger partial charge in [0.05, 0.1) is 5.25 Å². The molecule has 7 nitrogen and oxygen atoms in total. The lowest BCUT2D eigenvalue weighted by molar-refractivity contribution is -0.133. The lowest BCUT2D eigenvalue weighted by Crippen LogP contribution is -2.47. The fourth-order valence-electron chi connectivity index (χ4n) is 4.55. The SMILES string of the molecule is CC(CC(=O)N1CCC(S(=O)(=O)N2CCCC2)CC1)NC(=O)C1CCCC1. The van der Waals surface area contributed by atoms with Crippen LogP contribution in [0.1, 0.15) is 64.7 Å². The Labute approximate surface area is 162 Å². The van der Waals surface area contributed by atoms with E-state index in [1.807, 2.05) is 6.92 Å². The van der Waals surface area contributed by atoms with E-state index in [-0.39, 0.29) is 35.4 Å². The van der Waals surface area contributed by atoms with E-state index in [1.165, 1.54) is 0 Å². The summed E-state index contributed by atoms with van der Waals surface area (Å²) in [5, 5.41) is 2.61. The van der Waals surface area contributed by atoms with Crippen molar-refractivity contribution >= 4 is 21.8 Å². The molecule has 1 unspecified atom stereocenters. The van der Waals surface area contributed by atoms with Crippen molar-refractivity contribution in [2.45, 2.75) is 76.0 Å². The predicted octanol–water partition coefficient (Wildman–Crippen LogP) is 1.49. The third-order valence-corrected chi connectivity index (χ3v) is 8.64. The molecule has 1 N–H and O–H groups in total. The Bertz CT molecular complexity index is 631. The normalized spacial score (nSPS) is 24.3. The zero-order valence-corrected chi connectivity index (χ0v) is 17.2. The number of amides is 2. The summed E-state index contributed by atoms with van der Waals surface area (Å²) in [5.74, 6) is 0.184. The molecule has 0 aromatic rings. The fraction of sp³-hybridized carbons (Fsp3) is 0.895. The zero-order valence-electron chi connectivity index (χ0n) is 16.4. The summed E-state index contributed by atoms with van der Waals surface area (Å²) in [4.78, 5) is 26.5. The summed E-state index contributed by atoms with van der Waals surface area (Å²) in [6.45, 7) is 4.12. The largest absolute Gasteiger partial charge is 0.353 e. The van der Waals surface area contributed by atoms with E-state index >= 15 is 0 Å². The molecule has 0 spiro atoms. The van der Waals surface area contributed by atoms with E-state index in [1.54, 1.807) is 9.21 Å². The molecule has 2 aliphatic heterocycles. The first-order valence-electron chi connectivity index (χ1n) is 10.4. The van der Waals surface area contributed by atoms with Crippen LogP contribution in [-0.2, 0) is 19.6 Å². The maximum Gasteiger partial charge on any atom is 0.224 e. The minimum absolute atomic E-state index is 0.00578. The highest BCUT2D eigenvalue weighted by Gasteiger charge is 2.36. The highest BCUT2D eigenvalue weighted by Crippen LogP contribution is 2.26. The van der Waals surface area contributed by atoms with Crippen molar-refractivity contribution in [3.05, 3.63) is 0 Å². The molecule has 154 valence electrons. The average molecular weight is 400 g/mol. The van der Waals surface area contributed by atoms with Crippen LogP contribution in [0.2, 0.25) is 0 Å². The minimum Gasteiger partial charge on any atom is -0.353 e. The number of nitrogens with zero attached hydrogens (tertiary/aromatic N) is 2. The third-order valence-electron chi connectivity index (χ3n) is 6.24. The van der Waals surface area contributed by atoms with Gasteiger partial charge in [-0.15, -0.1) is 0 Å². The van der Waals surface area contributed by atoms with E-state index in [0.717, 1.165) is 38.5 Å². The number of rotatable bonds is 6. The molecule has 0 radical (unpaired) electrons. The van der Waals surface area contributed by atoms with Crippen LogP contribution < -0.4 is 5.32 Å². The van der Waals surface area contributed by atoms with Crippen LogP contribution in [0.25, 0.3) is 0 Å². The quantitative estimate of drug-likeness (QED) is 0.733. The highest BCUT2D eigenvalue weighted by molar-refractivity contribution is 7.89. The smallest absolute Gasteiger partial charge is 0.224 e. The maximum atomic E-state index is 12.7. The molecule has 1 aliphatic carbocycles. The number of hydrogen-bond acceptors (Lipinski definition) is 4. The van der Waals surface area contributed by atoms with Gasteiger partial charge in [-0.2, -0.15) is 0 Å².